The van der Waals surface area contributed by atoms with Crippen molar-refractivity contribution in [3.63, 3.8) is 0 Å². The second-order valence-corrected chi connectivity index (χ2v) is 9.37. The largest absolute Gasteiger partial charge is 0.383 e. The number of methoxy groups -OCH3 is 1. The van der Waals surface area contributed by atoms with Gasteiger partial charge in [-0.3, -0.25) is 9.78 Å². The third-order valence-electron chi connectivity index (χ3n) is 6.32. The van der Waals surface area contributed by atoms with E-state index in [2.05, 4.69) is 31.3 Å². The number of aromatic nitrogens is 4. The standard InChI is InChI=1S/C24H25BrFN7O2/c1-35-13-21(34)32-6-4-17(5-7-32)28-12-20-22(25)23(27)33-24(31-20)18(11-30-33)15-8-14-9-16(26)2-3-19(14)29-10-15/h2-3,8-11,17,28H,4-7,12-13,27H2,1H3. The fourth-order valence-corrected chi connectivity index (χ4v) is 4.80. The van der Waals surface area contributed by atoms with E-state index in [0.717, 1.165) is 29.7 Å². The van der Waals surface area contributed by atoms with E-state index in [1.54, 1.807) is 23.0 Å². The first-order chi connectivity index (χ1) is 16.9. The Kier molecular flexibility index (Phi) is 6.63. The topological polar surface area (TPSA) is 111 Å². The molecule has 0 spiro atoms. The number of fused-ring (bicyclic) bond motifs is 2. The number of nitrogens with one attached hydrogen (secondary N) is 1. The Morgan fingerprint density at radius 1 is 1.29 bits per heavy atom. The zero-order valence-corrected chi connectivity index (χ0v) is 20.8. The van der Waals surface area contributed by atoms with Crippen LogP contribution in [-0.4, -0.2) is 63.2 Å². The lowest BCUT2D eigenvalue weighted by Crippen LogP contribution is -2.45. The maximum Gasteiger partial charge on any atom is 0.248 e. The average molecular weight is 542 g/mol. The van der Waals surface area contributed by atoms with Crippen molar-refractivity contribution in [3.8, 4) is 11.1 Å². The zero-order valence-electron chi connectivity index (χ0n) is 19.2. The van der Waals surface area contributed by atoms with Gasteiger partial charge in [-0.2, -0.15) is 9.61 Å². The van der Waals surface area contributed by atoms with Crippen LogP contribution in [0.25, 0.3) is 27.7 Å². The molecule has 1 aromatic carbocycles. The van der Waals surface area contributed by atoms with Crippen LogP contribution < -0.4 is 11.1 Å². The molecule has 3 aromatic heterocycles. The molecular formula is C24H25BrFN7O2. The Morgan fingerprint density at radius 2 is 2.09 bits per heavy atom. The number of nitrogens with zero attached hydrogens (tertiary/aromatic N) is 5. The number of pyridine rings is 1. The maximum atomic E-state index is 13.7. The van der Waals surface area contributed by atoms with E-state index in [-0.39, 0.29) is 24.4 Å². The molecule has 0 aliphatic carbocycles. The third-order valence-corrected chi connectivity index (χ3v) is 7.18. The van der Waals surface area contributed by atoms with Crippen molar-refractivity contribution in [2.75, 3.05) is 32.5 Å². The van der Waals surface area contributed by atoms with Gasteiger partial charge in [0.25, 0.3) is 0 Å². The highest BCUT2D eigenvalue weighted by Crippen LogP contribution is 2.31. The normalized spacial score (nSPS) is 14.8. The van der Waals surface area contributed by atoms with Crippen LogP contribution in [-0.2, 0) is 16.1 Å². The molecule has 9 nitrogen and oxygen atoms in total. The highest BCUT2D eigenvalue weighted by atomic mass is 79.9. The second kappa shape index (κ2) is 9.84. The minimum absolute atomic E-state index is 0.0211. The maximum absolute atomic E-state index is 13.7. The fraction of sp³-hybridized carbons (Fsp3) is 0.333. The number of piperidine rings is 1. The number of amides is 1. The smallest absolute Gasteiger partial charge is 0.248 e. The minimum atomic E-state index is -0.315. The number of benzene rings is 1. The molecule has 1 aliphatic rings. The summed E-state index contributed by atoms with van der Waals surface area (Å²) in [6.45, 7) is 2.00. The number of halogens is 2. The summed E-state index contributed by atoms with van der Waals surface area (Å²) in [4.78, 5) is 23.2. The molecule has 5 rings (SSSR count). The van der Waals surface area contributed by atoms with E-state index in [0.29, 0.717) is 46.5 Å². The minimum Gasteiger partial charge on any atom is -0.383 e. The number of anilines is 1. The van der Waals surface area contributed by atoms with Gasteiger partial charge in [0.15, 0.2) is 5.65 Å². The predicted molar refractivity (Wildman–Crippen MR) is 134 cm³/mol. The molecule has 35 heavy (non-hydrogen) atoms. The van der Waals surface area contributed by atoms with Crippen molar-refractivity contribution >= 4 is 44.2 Å². The number of rotatable bonds is 6. The van der Waals surface area contributed by atoms with E-state index in [1.807, 2.05) is 11.0 Å². The van der Waals surface area contributed by atoms with Gasteiger partial charge in [-0.25, -0.2) is 9.37 Å². The summed E-state index contributed by atoms with van der Waals surface area (Å²) in [5.41, 5.74) is 9.98. The van der Waals surface area contributed by atoms with Crippen molar-refractivity contribution in [1.29, 1.82) is 0 Å². The lowest BCUT2D eigenvalue weighted by molar-refractivity contribution is -0.136. The van der Waals surface area contributed by atoms with Crippen LogP contribution in [0.1, 0.15) is 18.5 Å². The predicted octanol–water partition coefficient (Wildman–Crippen LogP) is 3.16. The van der Waals surface area contributed by atoms with Crippen molar-refractivity contribution < 1.29 is 13.9 Å². The van der Waals surface area contributed by atoms with Crippen LogP contribution in [0, 0.1) is 5.82 Å². The lowest BCUT2D eigenvalue weighted by atomic mass is 10.0. The molecule has 4 aromatic rings. The summed E-state index contributed by atoms with van der Waals surface area (Å²) in [5, 5.41) is 8.65. The molecule has 1 fully saturated rings. The Hall–Kier alpha value is -3.15. The van der Waals surface area contributed by atoms with Crippen molar-refractivity contribution in [3.05, 3.63) is 52.6 Å². The molecule has 182 valence electrons. The van der Waals surface area contributed by atoms with Gasteiger partial charge in [-0.05, 0) is 53.0 Å². The average Bonchev–Trinajstić information content (AvgIpc) is 3.29. The van der Waals surface area contributed by atoms with Crippen molar-refractivity contribution in [1.82, 2.24) is 29.8 Å². The summed E-state index contributed by atoms with van der Waals surface area (Å²) >= 11 is 3.57. The van der Waals surface area contributed by atoms with E-state index < -0.39 is 0 Å². The summed E-state index contributed by atoms with van der Waals surface area (Å²) < 4.78 is 20.9. The number of ether oxygens (including phenoxy) is 1. The van der Waals surface area contributed by atoms with Crippen LogP contribution in [0.3, 0.4) is 0 Å². The van der Waals surface area contributed by atoms with Gasteiger partial charge in [0.05, 0.1) is 21.9 Å². The van der Waals surface area contributed by atoms with E-state index >= 15 is 0 Å². The van der Waals surface area contributed by atoms with Crippen molar-refractivity contribution in [2.24, 2.45) is 0 Å². The molecule has 0 bridgehead atoms. The monoisotopic (exact) mass is 541 g/mol. The lowest BCUT2D eigenvalue weighted by Gasteiger charge is -2.32. The number of nitrogen functional groups attached to an aromatic ring is 1. The van der Waals surface area contributed by atoms with Crippen LogP contribution in [0.15, 0.2) is 41.1 Å². The molecule has 1 amide bonds. The Morgan fingerprint density at radius 3 is 2.86 bits per heavy atom. The molecule has 1 saturated heterocycles. The van der Waals surface area contributed by atoms with Gasteiger partial charge < -0.3 is 20.7 Å². The summed E-state index contributed by atoms with van der Waals surface area (Å²) in [5.74, 6) is 0.149. The zero-order chi connectivity index (χ0) is 24.5. The number of carbonyl (C=O) groups is 1. The van der Waals surface area contributed by atoms with Gasteiger partial charge >= 0.3 is 0 Å². The molecule has 11 heteroatoms. The fourth-order valence-electron chi connectivity index (χ4n) is 4.40. The van der Waals surface area contributed by atoms with Crippen molar-refractivity contribution in [2.45, 2.75) is 25.4 Å². The van der Waals surface area contributed by atoms with Gasteiger partial charge in [0, 0.05) is 55.5 Å². The molecule has 0 saturated carbocycles. The van der Waals surface area contributed by atoms with Crippen LogP contribution in [0.5, 0.6) is 0 Å². The van der Waals surface area contributed by atoms with Gasteiger partial charge in [0.1, 0.15) is 18.2 Å². The SMILES string of the molecule is COCC(=O)N1CCC(NCc2nc3c(-c4cnc5ccc(F)cc5c4)cnn3c(N)c2Br)CC1. The third kappa shape index (κ3) is 4.71. The molecular weight excluding hydrogens is 517 g/mol. The number of hydrogen-bond acceptors (Lipinski definition) is 7. The van der Waals surface area contributed by atoms with Crippen LogP contribution in [0.4, 0.5) is 10.2 Å². The Balaban J connectivity index is 1.37. The molecule has 0 radical (unpaired) electrons. The molecule has 1 aliphatic heterocycles. The van der Waals surface area contributed by atoms with Crippen LogP contribution in [0.2, 0.25) is 0 Å². The van der Waals surface area contributed by atoms with E-state index in [1.165, 1.54) is 19.2 Å². The van der Waals surface area contributed by atoms with Crippen LogP contribution >= 0.6 is 15.9 Å². The summed E-state index contributed by atoms with van der Waals surface area (Å²) in [6, 6.07) is 6.64. The second-order valence-electron chi connectivity index (χ2n) is 8.58. The van der Waals surface area contributed by atoms with E-state index in [4.69, 9.17) is 15.5 Å². The Labute approximate surface area is 209 Å². The molecule has 3 N–H and O–H groups in total. The highest BCUT2D eigenvalue weighted by molar-refractivity contribution is 9.10. The quantitative estimate of drug-likeness (QED) is 0.385. The Bertz CT molecular complexity index is 1400. The van der Waals surface area contributed by atoms with E-state index in [9.17, 15) is 9.18 Å². The van der Waals surface area contributed by atoms with Gasteiger partial charge in [0.2, 0.25) is 5.91 Å². The molecule has 0 unspecified atom stereocenters. The number of nitrogens with two attached hydrogens (primary N) is 1. The first kappa shape index (κ1) is 23.6. The number of likely N-dealkylation sites (tertiary alicyclic amines) is 1. The van der Waals surface area contributed by atoms with Gasteiger partial charge in [-0.15, -0.1) is 0 Å². The number of hydrogen-bond donors (Lipinski definition) is 2. The molecule has 0 atom stereocenters. The first-order valence-corrected chi connectivity index (χ1v) is 12.1. The molecule has 4 heterocycles. The first-order valence-electron chi connectivity index (χ1n) is 11.3. The summed E-state index contributed by atoms with van der Waals surface area (Å²) in [6.07, 6.45) is 5.12. The highest BCUT2D eigenvalue weighted by Gasteiger charge is 2.23. The van der Waals surface area contributed by atoms with Gasteiger partial charge in [-0.1, -0.05) is 0 Å². The number of carbonyl (C=O) groups excluding carboxylic acids is 1. The summed E-state index contributed by atoms with van der Waals surface area (Å²) in [7, 11) is 1.53.